The Morgan fingerprint density at radius 3 is 2.55 bits per heavy atom. The van der Waals surface area contributed by atoms with Gasteiger partial charge in [0.25, 0.3) is 11.8 Å². The van der Waals surface area contributed by atoms with E-state index in [0.717, 1.165) is 0 Å². The lowest BCUT2D eigenvalue weighted by molar-refractivity contribution is -0.132. The number of amides is 2. The molecule has 7 nitrogen and oxygen atoms in total. The molecule has 0 bridgehead atoms. The summed E-state index contributed by atoms with van der Waals surface area (Å²) in [7, 11) is 0. The van der Waals surface area contributed by atoms with Gasteiger partial charge in [0.1, 0.15) is 11.3 Å². The molecule has 0 aliphatic rings. The zero-order chi connectivity index (χ0) is 20.8. The molecule has 1 heterocycles. The molecule has 0 fully saturated rings. The van der Waals surface area contributed by atoms with E-state index in [1.54, 1.807) is 53.4 Å². The number of para-hydroxylation sites is 1. The molecule has 2 amide bonds. The van der Waals surface area contributed by atoms with Gasteiger partial charge in [-0.15, -0.1) is 0 Å². The van der Waals surface area contributed by atoms with Crippen LogP contribution in [0.3, 0.4) is 0 Å². The number of benzene rings is 2. The Balaban J connectivity index is 1.71. The molecule has 0 atom stereocenters. The number of anilines is 1. The number of fused-ring (bicyclic) bond motifs is 1. The van der Waals surface area contributed by atoms with Gasteiger partial charge in [0.15, 0.2) is 17.8 Å². The fraction of sp³-hybridized carbons (Fsp3) is 0.227. The number of ether oxygens (including phenoxy) is 1. The Labute approximate surface area is 167 Å². The molecule has 3 rings (SSSR count). The summed E-state index contributed by atoms with van der Waals surface area (Å²) in [6.07, 6.45) is 0. The molecule has 7 heteroatoms. The average molecular weight is 394 g/mol. The Morgan fingerprint density at radius 2 is 1.79 bits per heavy atom. The zero-order valence-electron chi connectivity index (χ0n) is 16.3. The Morgan fingerprint density at radius 1 is 1.03 bits per heavy atom. The number of rotatable bonds is 7. The summed E-state index contributed by atoms with van der Waals surface area (Å²) in [5.41, 5.74) is 0.514. The van der Waals surface area contributed by atoms with Gasteiger partial charge in [-0.3, -0.25) is 14.4 Å². The normalized spacial score (nSPS) is 10.6. The summed E-state index contributed by atoms with van der Waals surface area (Å²) in [6, 6.07) is 14.6. The third-order valence-corrected chi connectivity index (χ3v) is 4.43. The predicted molar refractivity (Wildman–Crippen MR) is 110 cm³/mol. The first-order chi connectivity index (χ1) is 14.0. The summed E-state index contributed by atoms with van der Waals surface area (Å²) in [5, 5.41) is 3.09. The van der Waals surface area contributed by atoms with Crippen molar-refractivity contribution in [3.8, 4) is 5.75 Å². The van der Waals surface area contributed by atoms with E-state index in [2.05, 4.69) is 5.32 Å². The van der Waals surface area contributed by atoms with Crippen molar-refractivity contribution in [2.24, 2.45) is 0 Å². The topological polar surface area (TPSA) is 88.9 Å². The van der Waals surface area contributed by atoms with Gasteiger partial charge in [-0.05, 0) is 38.1 Å². The van der Waals surface area contributed by atoms with Crippen LogP contribution in [0.5, 0.6) is 5.75 Å². The number of hydrogen-bond acceptors (Lipinski definition) is 5. The van der Waals surface area contributed by atoms with Crippen molar-refractivity contribution in [2.45, 2.75) is 13.8 Å². The maximum Gasteiger partial charge on any atom is 0.291 e. The van der Waals surface area contributed by atoms with Gasteiger partial charge in [-0.2, -0.15) is 0 Å². The second kappa shape index (κ2) is 9.05. The maximum atomic E-state index is 12.5. The van der Waals surface area contributed by atoms with Crippen molar-refractivity contribution in [2.75, 3.05) is 25.0 Å². The number of nitrogens with zero attached hydrogens (tertiary/aromatic N) is 1. The molecule has 1 N–H and O–H groups in total. The fourth-order valence-corrected chi connectivity index (χ4v) is 2.88. The molecule has 150 valence electrons. The molecule has 0 spiro atoms. The molecule has 0 radical (unpaired) electrons. The second-order valence-electron chi connectivity index (χ2n) is 6.31. The minimum absolute atomic E-state index is 0.0847. The van der Waals surface area contributed by atoms with E-state index in [9.17, 15) is 14.4 Å². The summed E-state index contributed by atoms with van der Waals surface area (Å²) in [4.78, 5) is 38.4. The fourth-order valence-electron chi connectivity index (χ4n) is 2.88. The zero-order valence-corrected chi connectivity index (χ0v) is 16.3. The number of carbonyl (C=O) groups is 2. The average Bonchev–Trinajstić information content (AvgIpc) is 2.73. The van der Waals surface area contributed by atoms with E-state index in [4.69, 9.17) is 9.15 Å². The number of hydrogen-bond donors (Lipinski definition) is 1. The van der Waals surface area contributed by atoms with E-state index >= 15 is 0 Å². The van der Waals surface area contributed by atoms with Gasteiger partial charge < -0.3 is 19.4 Å². The van der Waals surface area contributed by atoms with Crippen molar-refractivity contribution in [1.29, 1.82) is 0 Å². The van der Waals surface area contributed by atoms with Gasteiger partial charge in [0, 0.05) is 30.9 Å². The summed E-state index contributed by atoms with van der Waals surface area (Å²) < 4.78 is 11.1. The lowest BCUT2D eigenvalue weighted by atomic mass is 10.2. The molecule has 0 aliphatic heterocycles. The van der Waals surface area contributed by atoms with Gasteiger partial charge >= 0.3 is 0 Å². The van der Waals surface area contributed by atoms with Crippen LogP contribution in [0.2, 0.25) is 0 Å². The van der Waals surface area contributed by atoms with Crippen LogP contribution >= 0.6 is 0 Å². The first-order valence-electron chi connectivity index (χ1n) is 9.36. The van der Waals surface area contributed by atoms with Gasteiger partial charge in [-0.1, -0.05) is 18.2 Å². The molecule has 0 saturated carbocycles. The summed E-state index contributed by atoms with van der Waals surface area (Å²) in [6.45, 7) is 4.96. The summed E-state index contributed by atoms with van der Waals surface area (Å²) >= 11 is 0. The van der Waals surface area contributed by atoms with Crippen LogP contribution in [0.25, 0.3) is 11.0 Å². The van der Waals surface area contributed by atoms with Gasteiger partial charge in [0.2, 0.25) is 0 Å². The molecule has 29 heavy (non-hydrogen) atoms. The van der Waals surface area contributed by atoms with Crippen LogP contribution in [0.15, 0.2) is 63.8 Å². The van der Waals surface area contributed by atoms with E-state index in [1.165, 1.54) is 6.07 Å². The largest absolute Gasteiger partial charge is 0.484 e. The molecular weight excluding hydrogens is 372 g/mol. The second-order valence-corrected chi connectivity index (χ2v) is 6.31. The first-order valence-corrected chi connectivity index (χ1v) is 9.36. The minimum atomic E-state index is -0.552. The third-order valence-electron chi connectivity index (χ3n) is 4.43. The highest BCUT2D eigenvalue weighted by molar-refractivity contribution is 6.03. The van der Waals surface area contributed by atoms with Crippen LogP contribution in [0, 0.1) is 0 Å². The van der Waals surface area contributed by atoms with Crippen molar-refractivity contribution in [3.05, 3.63) is 70.6 Å². The molecule has 2 aromatic carbocycles. The number of carbonyl (C=O) groups excluding carboxylic acids is 2. The Kier molecular flexibility index (Phi) is 6.29. The highest BCUT2D eigenvalue weighted by atomic mass is 16.5. The molecule has 0 saturated heterocycles. The van der Waals surface area contributed by atoms with Crippen LogP contribution in [0.4, 0.5) is 5.69 Å². The third kappa shape index (κ3) is 4.82. The molecule has 1 aromatic heterocycles. The standard InChI is InChI=1S/C22H22N2O5/c1-3-24(4-2)21(26)14-28-16-9-7-8-15(12-16)23-22(27)20-13-18(25)17-10-5-6-11-19(17)29-20/h5-13H,3-4,14H2,1-2H3,(H,23,27). The van der Waals surface area contributed by atoms with Crippen molar-refractivity contribution >= 4 is 28.5 Å². The minimum Gasteiger partial charge on any atom is -0.484 e. The van der Waals surface area contributed by atoms with Crippen LogP contribution in [0.1, 0.15) is 24.4 Å². The maximum absolute atomic E-state index is 12.5. The van der Waals surface area contributed by atoms with Crippen molar-refractivity contribution in [3.63, 3.8) is 0 Å². The molecule has 0 unspecified atom stereocenters. The Hall–Kier alpha value is -3.61. The van der Waals surface area contributed by atoms with Gasteiger partial charge in [-0.25, -0.2) is 0 Å². The smallest absolute Gasteiger partial charge is 0.291 e. The van der Waals surface area contributed by atoms with Crippen LogP contribution in [-0.2, 0) is 4.79 Å². The SMILES string of the molecule is CCN(CC)C(=O)COc1cccc(NC(=O)c2cc(=O)c3ccccc3o2)c1. The molecule has 0 aliphatic carbocycles. The quantitative estimate of drug-likeness (QED) is 0.664. The van der Waals surface area contributed by atoms with Crippen LogP contribution in [-0.4, -0.2) is 36.4 Å². The van der Waals surface area contributed by atoms with Crippen molar-refractivity contribution < 1.29 is 18.7 Å². The van der Waals surface area contributed by atoms with Crippen LogP contribution < -0.4 is 15.5 Å². The predicted octanol–water partition coefficient (Wildman–Crippen LogP) is 3.29. The molecular formula is C22H22N2O5. The highest BCUT2D eigenvalue weighted by Crippen LogP contribution is 2.19. The number of likely N-dealkylation sites (N-methyl/N-ethyl adjacent to an activating group) is 1. The van der Waals surface area contributed by atoms with E-state index in [1.807, 2.05) is 13.8 Å². The van der Waals surface area contributed by atoms with Gasteiger partial charge in [0.05, 0.1) is 5.39 Å². The highest BCUT2D eigenvalue weighted by Gasteiger charge is 2.14. The Bertz CT molecular complexity index is 1090. The van der Waals surface area contributed by atoms with E-state index in [0.29, 0.717) is 35.5 Å². The summed E-state index contributed by atoms with van der Waals surface area (Å²) in [5.74, 6) is -0.299. The van der Waals surface area contributed by atoms with Crippen molar-refractivity contribution in [1.82, 2.24) is 4.90 Å². The number of nitrogens with one attached hydrogen (secondary N) is 1. The lowest BCUT2D eigenvalue weighted by Crippen LogP contribution is -2.34. The first kappa shape index (κ1) is 20.1. The van der Waals surface area contributed by atoms with E-state index in [-0.39, 0.29) is 23.7 Å². The monoisotopic (exact) mass is 394 g/mol. The lowest BCUT2D eigenvalue weighted by Gasteiger charge is -2.18. The molecule has 3 aromatic rings. The van der Waals surface area contributed by atoms with E-state index < -0.39 is 5.91 Å².